The Hall–Kier alpha value is -2.37. The van der Waals surface area contributed by atoms with Gasteiger partial charge in [0.1, 0.15) is 5.75 Å². The lowest BCUT2D eigenvalue weighted by atomic mass is 10.1. The first-order valence-corrected chi connectivity index (χ1v) is 6.86. The summed E-state index contributed by atoms with van der Waals surface area (Å²) >= 11 is 0. The second kappa shape index (κ2) is 6.88. The minimum Gasteiger partial charge on any atom is -0.497 e. The summed E-state index contributed by atoms with van der Waals surface area (Å²) in [5.74, 6) is 1.13. The van der Waals surface area contributed by atoms with Gasteiger partial charge in [-0.15, -0.1) is 10.2 Å². The third-order valence-corrected chi connectivity index (χ3v) is 2.94. The molecule has 0 bridgehead atoms. The highest BCUT2D eigenvalue weighted by atomic mass is 16.5. The molecular weight excluding hydrogens is 270 g/mol. The second-order valence-corrected chi connectivity index (χ2v) is 5.08. The molecule has 1 heterocycles. The number of rotatable bonds is 6. The molecule has 0 aliphatic carbocycles. The first-order chi connectivity index (χ1) is 10.1. The minimum absolute atomic E-state index is 0.0309. The maximum Gasteiger partial charge on any atom is 0.308 e. The SMILES string of the molecule is COc1cccc(-c2nnc(C(=O)NCCC(C)C)o2)c1. The predicted octanol–water partition coefficient (Wildman–Crippen LogP) is 2.52. The van der Waals surface area contributed by atoms with Gasteiger partial charge in [-0.05, 0) is 30.5 Å². The van der Waals surface area contributed by atoms with Crippen molar-refractivity contribution in [2.45, 2.75) is 20.3 Å². The molecule has 0 fully saturated rings. The smallest absolute Gasteiger partial charge is 0.308 e. The molecule has 0 saturated carbocycles. The number of ether oxygens (including phenoxy) is 1. The van der Waals surface area contributed by atoms with Gasteiger partial charge in [0, 0.05) is 12.1 Å². The summed E-state index contributed by atoms with van der Waals surface area (Å²) in [5.41, 5.74) is 0.711. The number of methoxy groups -OCH3 is 1. The van der Waals surface area contributed by atoms with Crippen LogP contribution in [0, 0.1) is 5.92 Å². The Balaban J connectivity index is 2.05. The summed E-state index contributed by atoms with van der Waals surface area (Å²) < 4.78 is 10.5. The molecule has 0 spiro atoms. The Bertz CT molecular complexity index is 608. The van der Waals surface area contributed by atoms with E-state index in [0.717, 1.165) is 6.42 Å². The molecule has 2 rings (SSSR count). The zero-order valence-electron chi connectivity index (χ0n) is 12.4. The lowest BCUT2D eigenvalue weighted by Gasteiger charge is -2.04. The first-order valence-electron chi connectivity index (χ1n) is 6.86. The Morgan fingerprint density at radius 1 is 1.38 bits per heavy atom. The van der Waals surface area contributed by atoms with E-state index in [1.807, 2.05) is 18.2 Å². The van der Waals surface area contributed by atoms with Gasteiger partial charge in [0.15, 0.2) is 0 Å². The summed E-state index contributed by atoms with van der Waals surface area (Å²) in [7, 11) is 1.58. The van der Waals surface area contributed by atoms with Gasteiger partial charge in [0.05, 0.1) is 7.11 Å². The average Bonchev–Trinajstić information content (AvgIpc) is 2.97. The Kier molecular flexibility index (Phi) is 4.92. The fourth-order valence-corrected chi connectivity index (χ4v) is 1.74. The van der Waals surface area contributed by atoms with E-state index in [9.17, 15) is 4.79 Å². The van der Waals surface area contributed by atoms with Crippen molar-refractivity contribution in [3.8, 4) is 17.2 Å². The Morgan fingerprint density at radius 2 is 2.19 bits per heavy atom. The third-order valence-electron chi connectivity index (χ3n) is 2.94. The normalized spacial score (nSPS) is 10.7. The number of nitrogens with zero attached hydrogens (tertiary/aromatic N) is 2. The summed E-state index contributed by atoms with van der Waals surface area (Å²) in [5, 5.41) is 10.4. The van der Waals surface area contributed by atoms with Crippen molar-refractivity contribution >= 4 is 5.91 Å². The monoisotopic (exact) mass is 289 g/mol. The summed E-state index contributed by atoms with van der Waals surface area (Å²) in [6.07, 6.45) is 0.905. The van der Waals surface area contributed by atoms with E-state index < -0.39 is 0 Å². The van der Waals surface area contributed by atoms with E-state index in [4.69, 9.17) is 9.15 Å². The van der Waals surface area contributed by atoms with Crippen LogP contribution in [-0.4, -0.2) is 29.8 Å². The molecule has 6 heteroatoms. The molecule has 6 nitrogen and oxygen atoms in total. The van der Waals surface area contributed by atoms with E-state index in [1.165, 1.54) is 0 Å². The summed E-state index contributed by atoms with van der Waals surface area (Å²) in [6, 6.07) is 7.23. The molecule has 1 amide bonds. The number of carbonyl (C=O) groups excluding carboxylic acids is 1. The van der Waals surface area contributed by atoms with Crippen LogP contribution in [0.25, 0.3) is 11.5 Å². The van der Waals surface area contributed by atoms with Crippen LogP contribution in [0.15, 0.2) is 28.7 Å². The van der Waals surface area contributed by atoms with E-state index >= 15 is 0 Å². The molecule has 0 radical (unpaired) electrons. The quantitative estimate of drug-likeness (QED) is 0.884. The zero-order chi connectivity index (χ0) is 15.2. The van der Waals surface area contributed by atoms with Crippen molar-refractivity contribution < 1.29 is 13.9 Å². The van der Waals surface area contributed by atoms with Gasteiger partial charge in [0.2, 0.25) is 5.89 Å². The summed E-state index contributed by atoms with van der Waals surface area (Å²) in [6.45, 7) is 4.78. The van der Waals surface area contributed by atoms with Crippen LogP contribution in [0.4, 0.5) is 0 Å². The van der Waals surface area contributed by atoms with Crippen molar-refractivity contribution in [2.75, 3.05) is 13.7 Å². The molecule has 1 N–H and O–H groups in total. The number of nitrogens with one attached hydrogen (secondary N) is 1. The average molecular weight is 289 g/mol. The number of benzene rings is 1. The predicted molar refractivity (Wildman–Crippen MR) is 78.1 cm³/mol. The third kappa shape index (κ3) is 4.05. The van der Waals surface area contributed by atoms with Crippen molar-refractivity contribution in [3.05, 3.63) is 30.2 Å². The lowest BCUT2D eigenvalue weighted by Crippen LogP contribution is -2.25. The van der Waals surface area contributed by atoms with Crippen molar-refractivity contribution in [1.29, 1.82) is 0 Å². The van der Waals surface area contributed by atoms with Crippen LogP contribution in [0.3, 0.4) is 0 Å². The molecule has 0 saturated heterocycles. The first kappa shape index (κ1) is 15.0. The largest absolute Gasteiger partial charge is 0.497 e. The van der Waals surface area contributed by atoms with Gasteiger partial charge < -0.3 is 14.5 Å². The molecular formula is C15H19N3O3. The van der Waals surface area contributed by atoms with Gasteiger partial charge >= 0.3 is 11.8 Å². The van der Waals surface area contributed by atoms with Crippen molar-refractivity contribution in [1.82, 2.24) is 15.5 Å². The van der Waals surface area contributed by atoms with Crippen molar-refractivity contribution in [2.24, 2.45) is 5.92 Å². The van der Waals surface area contributed by atoms with Gasteiger partial charge in [-0.2, -0.15) is 0 Å². The molecule has 1 aromatic heterocycles. The molecule has 1 aromatic carbocycles. The molecule has 0 aliphatic heterocycles. The topological polar surface area (TPSA) is 77.2 Å². The molecule has 2 aromatic rings. The second-order valence-electron chi connectivity index (χ2n) is 5.08. The van der Waals surface area contributed by atoms with Crippen LogP contribution in [0.1, 0.15) is 31.0 Å². The lowest BCUT2D eigenvalue weighted by molar-refractivity contribution is 0.0918. The number of hydrogen-bond acceptors (Lipinski definition) is 5. The minimum atomic E-state index is -0.350. The molecule has 0 aliphatic rings. The van der Waals surface area contributed by atoms with Crippen LogP contribution in [0.5, 0.6) is 5.75 Å². The van der Waals surface area contributed by atoms with Crippen molar-refractivity contribution in [3.63, 3.8) is 0 Å². The number of amides is 1. The van der Waals surface area contributed by atoms with E-state index in [-0.39, 0.29) is 11.8 Å². The van der Waals surface area contributed by atoms with E-state index in [1.54, 1.807) is 13.2 Å². The molecule has 0 atom stereocenters. The summed E-state index contributed by atoms with van der Waals surface area (Å²) in [4.78, 5) is 11.9. The zero-order valence-corrected chi connectivity index (χ0v) is 12.4. The standard InChI is InChI=1S/C15H19N3O3/c1-10(2)7-8-16-13(19)15-18-17-14(21-15)11-5-4-6-12(9-11)20-3/h4-6,9-10H,7-8H2,1-3H3,(H,16,19). The van der Waals surface area contributed by atoms with Crippen LogP contribution in [0.2, 0.25) is 0 Å². The van der Waals surface area contributed by atoms with E-state index in [0.29, 0.717) is 29.7 Å². The van der Waals surface area contributed by atoms with Crippen LogP contribution >= 0.6 is 0 Å². The molecule has 0 unspecified atom stereocenters. The fourth-order valence-electron chi connectivity index (χ4n) is 1.74. The molecule has 112 valence electrons. The van der Waals surface area contributed by atoms with Gasteiger partial charge in [0.25, 0.3) is 0 Å². The van der Waals surface area contributed by atoms with Crippen LogP contribution < -0.4 is 10.1 Å². The van der Waals surface area contributed by atoms with E-state index in [2.05, 4.69) is 29.4 Å². The maximum atomic E-state index is 11.9. The van der Waals surface area contributed by atoms with Crippen LogP contribution in [-0.2, 0) is 0 Å². The number of hydrogen-bond donors (Lipinski definition) is 1. The molecule has 21 heavy (non-hydrogen) atoms. The fraction of sp³-hybridized carbons (Fsp3) is 0.400. The maximum absolute atomic E-state index is 11.9. The van der Waals surface area contributed by atoms with Gasteiger partial charge in [-0.1, -0.05) is 19.9 Å². The Labute approximate surface area is 123 Å². The number of carbonyl (C=O) groups is 1. The highest BCUT2D eigenvalue weighted by Crippen LogP contribution is 2.22. The number of aromatic nitrogens is 2. The highest BCUT2D eigenvalue weighted by Gasteiger charge is 2.15. The Morgan fingerprint density at radius 3 is 2.90 bits per heavy atom. The van der Waals surface area contributed by atoms with Gasteiger partial charge in [-0.25, -0.2) is 0 Å². The van der Waals surface area contributed by atoms with Gasteiger partial charge in [-0.3, -0.25) is 4.79 Å². The highest BCUT2D eigenvalue weighted by molar-refractivity contribution is 5.89.